The average Bonchev–Trinajstić information content (AvgIpc) is 3.10. The molecule has 0 bridgehead atoms. The molecule has 1 aromatic heterocycles. The highest BCUT2D eigenvalue weighted by molar-refractivity contribution is 5.70. The Morgan fingerprint density at radius 1 is 1.00 bits per heavy atom. The van der Waals surface area contributed by atoms with Crippen molar-refractivity contribution in [2.24, 2.45) is 0 Å². The lowest BCUT2D eigenvalue weighted by atomic mass is 10.0. The summed E-state index contributed by atoms with van der Waals surface area (Å²) in [6.45, 7) is 0.781. The fraction of sp³-hybridized carbons (Fsp3) is 0.167. The molecule has 4 nitrogen and oxygen atoms in total. The molecule has 0 aliphatic rings. The number of benzene rings is 2. The lowest BCUT2D eigenvalue weighted by molar-refractivity contribution is 0.408. The number of hydrogen-bond donors (Lipinski definition) is 2. The number of H-pyrrole nitrogens is 1. The molecule has 0 spiro atoms. The van der Waals surface area contributed by atoms with Crippen molar-refractivity contribution in [1.82, 2.24) is 15.5 Å². The molecule has 4 heteroatoms. The average molecular weight is 293 g/mol. The lowest BCUT2D eigenvalue weighted by Crippen LogP contribution is -2.06. The van der Waals surface area contributed by atoms with Gasteiger partial charge in [-0.15, -0.1) is 0 Å². The maximum absolute atomic E-state index is 5.41. The van der Waals surface area contributed by atoms with Gasteiger partial charge in [-0.25, -0.2) is 0 Å². The molecular formula is C18H19N3O. The van der Waals surface area contributed by atoms with Gasteiger partial charge in [-0.1, -0.05) is 30.3 Å². The Bertz CT molecular complexity index is 734. The number of nitrogens with one attached hydrogen (secondary N) is 2. The third-order valence-electron chi connectivity index (χ3n) is 3.68. The minimum absolute atomic E-state index is 0.781. The normalized spacial score (nSPS) is 10.6. The van der Waals surface area contributed by atoms with Crippen molar-refractivity contribution in [1.29, 1.82) is 0 Å². The first-order chi connectivity index (χ1) is 10.8. The third-order valence-corrected chi connectivity index (χ3v) is 3.68. The molecule has 3 rings (SSSR count). The fourth-order valence-electron chi connectivity index (χ4n) is 2.55. The van der Waals surface area contributed by atoms with Gasteiger partial charge in [0.25, 0.3) is 0 Å². The monoisotopic (exact) mass is 293 g/mol. The van der Waals surface area contributed by atoms with Crippen LogP contribution >= 0.6 is 0 Å². The summed E-state index contributed by atoms with van der Waals surface area (Å²) < 4.78 is 5.41. The first-order valence-electron chi connectivity index (χ1n) is 7.23. The SMILES string of the molecule is CNCc1cc(-c2ccc(-c3ccn[nH]3)cc2)ccc1OC. The van der Waals surface area contributed by atoms with E-state index in [-0.39, 0.29) is 0 Å². The van der Waals surface area contributed by atoms with Crippen molar-refractivity contribution < 1.29 is 4.74 Å². The molecule has 22 heavy (non-hydrogen) atoms. The molecule has 1 heterocycles. The maximum Gasteiger partial charge on any atom is 0.123 e. The Morgan fingerprint density at radius 3 is 2.36 bits per heavy atom. The molecule has 0 unspecified atom stereocenters. The maximum atomic E-state index is 5.41. The summed E-state index contributed by atoms with van der Waals surface area (Å²) in [6.07, 6.45) is 1.76. The van der Waals surface area contributed by atoms with Gasteiger partial charge in [-0.3, -0.25) is 5.10 Å². The number of methoxy groups -OCH3 is 1. The van der Waals surface area contributed by atoms with Gasteiger partial charge in [0.15, 0.2) is 0 Å². The molecule has 0 aliphatic carbocycles. The van der Waals surface area contributed by atoms with Crippen molar-refractivity contribution in [3.8, 4) is 28.1 Å². The van der Waals surface area contributed by atoms with E-state index in [1.807, 2.05) is 19.2 Å². The Labute approximate surface area is 130 Å². The third kappa shape index (κ3) is 2.87. The van der Waals surface area contributed by atoms with Gasteiger partial charge in [-0.05, 0) is 41.9 Å². The zero-order valence-corrected chi connectivity index (χ0v) is 12.8. The summed E-state index contributed by atoms with van der Waals surface area (Å²) >= 11 is 0. The molecule has 2 aromatic carbocycles. The minimum Gasteiger partial charge on any atom is -0.496 e. The van der Waals surface area contributed by atoms with Crippen LogP contribution in [-0.4, -0.2) is 24.4 Å². The van der Waals surface area contributed by atoms with Crippen LogP contribution in [0.25, 0.3) is 22.4 Å². The first kappa shape index (κ1) is 14.4. The zero-order chi connectivity index (χ0) is 15.4. The van der Waals surface area contributed by atoms with Gasteiger partial charge in [0, 0.05) is 18.3 Å². The fourth-order valence-corrected chi connectivity index (χ4v) is 2.55. The number of aromatic amines is 1. The van der Waals surface area contributed by atoms with E-state index in [4.69, 9.17) is 4.74 Å². The van der Waals surface area contributed by atoms with Crippen LogP contribution in [0.5, 0.6) is 5.75 Å². The van der Waals surface area contributed by atoms with Crippen LogP contribution in [0.4, 0.5) is 0 Å². The summed E-state index contributed by atoms with van der Waals surface area (Å²) in [5.74, 6) is 0.909. The van der Waals surface area contributed by atoms with Crippen LogP contribution in [0.15, 0.2) is 54.7 Å². The van der Waals surface area contributed by atoms with Crippen LogP contribution in [0.3, 0.4) is 0 Å². The van der Waals surface area contributed by atoms with Gasteiger partial charge in [0.1, 0.15) is 5.75 Å². The van der Waals surface area contributed by atoms with Crippen molar-refractivity contribution in [2.45, 2.75) is 6.54 Å². The van der Waals surface area contributed by atoms with E-state index in [9.17, 15) is 0 Å². The number of hydrogen-bond acceptors (Lipinski definition) is 3. The molecule has 0 amide bonds. The van der Waals surface area contributed by atoms with Crippen LogP contribution < -0.4 is 10.1 Å². The molecule has 0 radical (unpaired) electrons. The van der Waals surface area contributed by atoms with Crippen molar-refractivity contribution in [3.63, 3.8) is 0 Å². The molecule has 112 valence electrons. The second kappa shape index (κ2) is 6.45. The predicted molar refractivity (Wildman–Crippen MR) is 88.8 cm³/mol. The van der Waals surface area contributed by atoms with E-state index in [0.29, 0.717) is 0 Å². The van der Waals surface area contributed by atoms with Gasteiger partial charge in [0.2, 0.25) is 0 Å². The van der Waals surface area contributed by atoms with Crippen molar-refractivity contribution in [3.05, 3.63) is 60.3 Å². The smallest absolute Gasteiger partial charge is 0.123 e. The van der Waals surface area contributed by atoms with Gasteiger partial charge in [-0.2, -0.15) is 5.10 Å². The molecule has 0 fully saturated rings. The first-order valence-corrected chi connectivity index (χ1v) is 7.23. The molecule has 0 saturated carbocycles. The van der Waals surface area contributed by atoms with Crippen LogP contribution in [-0.2, 0) is 6.54 Å². The molecule has 0 aliphatic heterocycles. The highest BCUT2D eigenvalue weighted by Gasteiger charge is 2.06. The Kier molecular flexibility index (Phi) is 4.21. The van der Waals surface area contributed by atoms with Crippen LogP contribution in [0.2, 0.25) is 0 Å². The molecule has 2 N–H and O–H groups in total. The second-order valence-electron chi connectivity index (χ2n) is 5.10. The number of rotatable bonds is 5. The summed E-state index contributed by atoms with van der Waals surface area (Å²) in [7, 11) is 3.64. The van der Waals surface area contributed by atoms with Gasteiger partial charge in [0.05, 0.1) is 12.8 Å². The van der Waals surface area contributed by atoms with E-state index in [1.54, 1.807) is 13.3 Å². The summed E-state index contributed by atoms with van der Waals surface area (Å²) in [5.41, 5.74) is 5.67. The highest BCUT2D eigenvalue weighted by atomic mass is 16.5. The van der Waals surface area contributed by atoms with Gasteiger partial charge < -0.3 is 10.1 Å². The molecule has 0 saturated heterocycles. The Hall–Kier alpha value is -2.59. The molecular weight excluding hydrogens is 274 g/mol. The summed E-state index contributed by atoms with van der Waals surface area (Å²) in [6, 6.07) is 16.7. The van der Waals surface area contributed by atoms with E-state index in [1.165, 1.54) is 11.1 Å². The minimum atomic E-state index is 0.781. The standard InChI is InChI=1S/C18H19N3O/c1-19-12-16-11-15(7-8-18(16)22-2)13-3-5-14(6-4-13)17-9-10-20-21-17/h3-11,19H,12H2,1-2H3,(H,20,21). The lowest BCUT2D eigenvalue weighted by Gasteiger charge is -2.11. The second-order valence-corrected chi connectivity index (χ2v) is 5.10. The summed E-state index contributed by atoms with van der Waals surface area (Å²) in [4.78, 5) is 0. The number of nitrogens with zero attached hydrogens (tertiary/aromatic N) is 1. The predicted octanol–water partition coefficient (Wildman–Crippen LogP) is 3.47. The zero-order valence-electron chi connectivity index (χ0n) is 12.8. The van der Waals surface area contributed by atoms with E-state index < -0.39 is 0 Å². The highest BCUT2D eigenvalue weighted by Crippen LogP contribution is 2.28. The number of ether oxygens (including phenoxy) is 1. The summed E-state index contributed by atoms with van der Waals surface area (Å²) in [5, 5.41) is 10.1. The molecule has 0 atom stereocenters. The Balaban J connectivity index is 1.92. The number of aromatic nitrogens is 2. The van der Waals surface area contributed by atoms with E-state index in [0.717, 1.165) is 29.1 Å². The molecule has 3 aromatic rings. The topological polar surface area (TPSA) is 49.9 Å². The van der Waals surface area contributed by atoms with Crippen molar-refractivity contribution in [2.75, 3.05) is 14.2 Å². The van der Waals surface area contributed by atoms with E-state index >= 15 is 0 Å². The van der Waals surface area contributed by atoms with Crippen LogP contribution in [0.1, 0.15) is 5.56 Å². The van der Waals surface area contributed by atoms with Crippen molar-refractivity contribution >= 4 is 0 Å². The van der Waals surface area contributed by atoms with E-state index in [2.05, 4.69) is 51.9 Å². The quantitative estimate of drug-likeness (QED) is 0.757. The van der Waals surface area contributed by atoms with Gasteiger partial charge >= 0.3 is 0 Å². The van der Waals surface area contributed by atoms with Crippen LogP contribution in [0, 0.1) is 0 Å². The Morgan fingerprint density at radius 2 is 1.73 bits per heavy atom. The largest absolute Gasteiger partial charge is 0.496 e.